The van der Waals surface area contributed by atoms with Crippen LogP contribution in [0.2, 0.25) is 0 Å². The Labute approximate surface area is 742 Å². The number of unbranched alkanes of at least 4 members (excludes halogenated alkanes) is 2. The van der Waals surface area contributed by atoms with E-state index in [0.717, 1.165) is 31.4 Å². The van der Waals surface area contributed by atoms with Gasteiger partial charge < -0.3 is 115 Å². The van der Waals surface area contributed by atoms with E-state index < -0.39 is 216 Å². The van der Waals surface area contributed by atoms with Crippen LogP contribution < -0.4 is 74.9 Å². The molecular weight excluding hydrogens is 1680 g/mol. The number of aromatic nitrogens is 4. The summed E-state index contributed by atoms with van der Waals surface area (Å²) in [5.41, 5.74) is 14.8. The number of imidazole rings is 1. The number of aliphatic hydroxyl groups excluding tert-OH is 1. The van der Waals surface area contributed by atoms with Crippen LogP contribution in [0.5, 0.6) is 5.75 Å². The number of para-hydroxylation sites is 2. The highest BCUT2D eigenvalue weighted by Crippen LogP contribution is 2.34. The van der Waals surface area contributed by atoms with E-state index in [1.165, 1.54) is 58.7 Å². The van der Waals surface area contributed by atoms with E-state index in [4.69, 9.17) is 11.5 Å². The molecule has 2 saturated heterocycles. The standard InChI is InChI=1S/C86H117N21O20S/c1-9-11-22-66-81(122)94-46(5)73(114)103-65(75(116)92-40-72(112)113)42-128-43-71(111)95-62-31-48-25-26-52(109)35-69(48)107(85(62)126)47(6)74(115)100-63(36-70(88)110)84(125)106-29-17-24-67(106)82(123)99-60(34-51-39-89-44-93-51)79(120)97-58(30-45(3)4)77(118)96-57(27-28-87)76(117)98-59(32-49-37-90-55-20-15-13-18-53(49)55)78(119)102-64(41-108)80(121)101-61(33-50-38-91-56-21-16-14-19-54(50)56)83(124)105(8)68(23-12-10-2)86(127)104(66)7/h13-16,18-21,25-26,35,37-39,44-47,57-68,90-91,108-109H,9-12,17,22-24,27-34,36,40-43,87H2,1-8H3,(H2,88,110)(H,89,93)(H,92,116)(H,94,122)(H,95,111)(H,96,118)(H,97,120)(H,98,117)(H,99,123)(H,100,115)(H,101,121)(H,102,119)(H,103,114)(H,112,113)/t46-,47-,57-,58-,59-,60-,61-,62-,63-,64-,65-,66-,67-,68-/m0/s1. The minimum absolute atomic E-state index is 0.0132. The first kappa shape index (κ1) is 98.8. The number of nitrogens with two attached hydrogens (primary N) is 2. The first-order valence-electron chi connectivity index (χ1n) is 42.8. The number of amides is 16. The fourth-order valence-electron chi connectivity index (χ4n) is 15.8. The van der Waals surface area contributed by atoms with E-state index in [1.807, 2.05) is 13.8 Å². The lowest BCUT2D eigenvalue weighted by molar-refractivity contribution is -0.149. The third-order valence-electron chi connectivity index (χ3n) is 22.7. The minimum Gasteiger partial charge on any atom is -0.508 e. The number of hydrogen-bond donors (Lipinski definition) is 19. The molecule has 9 rings (SSSR count). The fraction of sp³-hybridized carbons (Fsp3) is 0.512. The number of carboxylic acid groups (broad SMARTS) is 1. The number of fused-ring (bicyclic) bond motifs is 7. The van der Waals surface area contributed by atoms with Crippen LogP contribution in [0.1, 0.15) is 135 Å². The van der Waals surface area contributed by atoms with Crippen molar-refractivity contribution in [1.29, 1.82) is 0 Å². The van der Waals surface area contributed by atoms with Crippen LogP contribution in [0.4, 0.5) is 5.69 Å². The molecule has 0 aliphatic carbocycles. The summed E-state index contributed by atoms with van der Waals surface area (Å²) in [5.74, 6) is -18.2. The molecule has 42 heteroatoms. The maximum absolute atomic E-state index is 15.6. The van der Waals surface area contributed by atoms with Crippen molar-refractivity contribution in [3.05, 3.63) is 114 Å². The molecule has 14 atom stereocenters. The molecule has 41 nitrogen and oxygen atoms in total. The van der Waals surface area contributed by atoms with Gasteiger partial charge in [0.1, 0.15) is 96.9 Å². The number of carbonyl (C=O) groups excluding carboxylic acids is 16. The van der Waals surface area contributed by atoms with Crippen molar-refractivity contribution >= 4 is 140 Å². The van der Waals surface area contributed by atoms with E-state index in [0.29, 0.717) is 69.9 Å². The summed E-state index contributed by atoms with van der Waals surface area (Å²) in [6, 6.07) is -3.54. The highest BCUT2D eigenvalue weighted by Gasteiger charge is 2.45. The monoisotopic (exact) mass is 1800 g/mol. The lowest BCUT2D eigenvalue weighted by Crippen LogP contribution is -2.62. The summed E-state index contributed by atoms with van der Waals surface area (Å²) in [4.78, 5) is 264. The Balaban J connectivity index is 1.07. The summed E-state index contributed by atoms with van der Waals surface area (Å²) >= 11 is 0.761. The number of phenols is 1. The average Bonchev–Trinajstić information content (AvgIpc) is 1.03. The zero-order valence-corrected chi connectivity index (χ0v) is 73.6. The molecule has 6 aromatic rings. The van der Waals surface area contributed by atoms with Crippen LogP contribution in [-0.4, -0.2) is 287 Å². The maximum Gasteiger partial charge on any atom is 0.322 e. The van der Waals surface area contributed by atoms with Gasteiger partial charge in [0.25, 0.3) is 5.91 Å². The van der Waals surface area contributed by atoms with Crippen LogP contribution in [-0.2, 0) is 107 Å². The number of nitrogens with zero attached hydrogens (tertiary/aromatic N) is 5. The van der Waals surface area contributed by atoms with Gasteiger partial charge >= 0.3 is 5.97 Å². The number of benzene rings is 3. The SMILES string of the molecule is CCCC[C@H]1C(=O)N(C)[C@@H](CCCC)C(=O)N[C@@H](C)C(=O)N[C@H](C(=O)NCC(=O)O)CSCC(=O)N[C@H]2Cc3ccc(O)cc3N(C2=O)[C@@H](C)C(=O)N[C@@H](CC(N)=O)C(=O)N2CCC[C@H]2C(=O)N[C@@H](Cc2cnc[nH]2)C(=O)N[C@@H](CC(C)C)C(=O)N[C@@H](CCN)C(=O)N[C@@H](Cc2c[nH]c3ccccc23)C(=O)N[C@@H](CO)C(=O)N[C@@H](Cc2c[nH]c3ccccc23)C(=O)N1C. The molecule has 128 heavy (non-hydrogen) atoms. The number of aliphatic carboxylic acids is 1. The van der Waals surface area contributed by atoms with Gasteiger partial charge in [0.05, 0.1) is 30.8 Å². The summed E-state index contributed by atoms with van der Waals surface area (Å²) in [6.07, 6.45) is 5.66. The topological polar surface area (TPSA) is 608 Å². The van der Waals surface area contributed by atoms with Crippen molar-refractivity contribution < 1.29 is 96.8 Å². The number of anilines is 1. The normalized spacial score (nSPS) is 24.7. The lowest BCUT2D eigenvalue weighted by Gasteiger charge is -2.38. The number of H-pyrrole nitrogens is 3. The molecule has 0 saturated carbocycles. The highest BCUT2D eigenvalue weighted by atomic mass is 32.2. The fourth-order valence-corrected chi connectivity index (χ4v) is 16.7. The molecule has 0 radical (unpaired) electrons. The number of aliphatic hydroxyl groups is 1. The highest BCUT2D eigenvalue weighted by molar-refractivity contribution is 8.00. The number of carbonyl (C=O) groups is 17. The molecule has 3 aliphatic rings. The minimum atomic E-state index is -1.86. The third kappa shape index (κ3) is 26.1. The van der Waals surface area contributed by atoms with Crippen LogP contribution in [0.15, 0.2) is 91.6 Å². The van der Waals surface area contributed by atoms with Gasteiger partial charge in [0.15, 0.2) is 0 Å². The number of nitrogens with one attached hydrogen (secondary N) is 14. The summed E-state index contributed by atoms with van der Waals surface area (Å²) < 4.78 is 0. The Hall–Kier alpha value is -13.0. The van der Waals surface area contributed by atoms with Gasteiger partial charge in [-0.2, -0.15) is 0 Å². The van der Waals surface area contributed by atoms with Crippen LogP contribution >= 0.6 is 11.8 Å². The summed E-state index contributed by atoms with van der Waals surface area (Å²) in [6.45, 7) is 7.37. The van der Waals surface area contributed by atoms with Crippen molar-refractivity contribution in [3.63, 3.8) is 0 Å². The van der Waals surface area contributed by atoms with E-state index in [2.05, 4.69) is 78.4 Å². The lowest BCUT2D eigenvalue weighted by atomic mass is 9.95. The predicted octanol–water partition coefficient (Wildman–Crippen LogP) is -1.81. The zero-order valence-electron chi connectivity index (χ0n) is 72.8. The number of likely N-dealkylation sites (N-methyl/N-ethyl adjacent to an activating group) is 2. The number of phenolic OH excluding ortho intramolecular Hbond substituents is 1. The number of carboxylic acids is 1. The summed E-state index contributed by atoms with van der Waals surface area (Å²) in [5, 5.41) is 61.4. The Morgan fingerprint density at radius 1 is 0.602 bits per heavy atom. The molecule has 6 heterocycles. The second-order valence-electron chi connectivity index (χ2n) is 32.7. The Bertz CT molecular complexity index is 5020. The molecule has 0 spiro atoms. The average molecular weight is 1800 g/mol. The quantitative estimate of drug-likeness (QED) is 0.0356. The number of aromatic hydroxyl groups is 1. The Kier molecular flexibility index (Phi) is 35.9. The first-order chi connectivity index (χ1) is 61.0. The van der Waals surface area contributed by atoms with Gasteiger partial charge in [0.2, 0.25) is 88.6 Å². The number of hydrogen-bond acceptors (Lipinski definition) is 22. The molecule has 21 N–H and O–H groups in total. The smallest absolute Gasteiger partial charge is 0.322 e. The molecule has 692 valence electrons. The van der Waals surface area contributed by atoms with E-state index in [9.17, 15) is 72.9 Å². The molecular formula is C86H117N21O20S. The second-order valence-corrected chi connectivity index (χ2v) is 33.8. The van der Waals surface area contributed by atoms with Gasteiger partial charge in [-0.05, 0) is 99.7 Å². The van der Waals surface area contributed by atoms with Crippen molar-refractivity contribution in [2.75, 3.05) is 56.7 Å². The van der Waals surface area contributed by atoms with Crippen molar-refractivity contribution in [1.82, 2.24) is 93.1 Å². The van der Waals surface area contributed by atoms with Crippen LogP contribution in [0.3, 0.4) is 0 Å². The maximum atomic E-state index is 15.6. The molecule has 0 unspecified atom stereocenters. The largest absolute Gasteiger partial charge is 0.508 e. The number of aromatic amines is 3. The van der Waals surface area contributed by atoms with Crippen molar-refractivity contribution in [2.45, 2.75) is 222 Å². The number of primary amides is 1. The first-order valence-corrected chi connectivity index (χ1v) is 44.0. The van der Waals surface area contributed by atoms with Crippen LogP contribution in [0, 0.1) is 5.92 Å². The Morgan fingerprint density at radius 3 is 1.77 bits per heavy atom. The van der Waals surface area contributed by atoms with Crippen LogP contribution in [0.25, 0.3) is 21.8 Å². The van der Waals surface area contributed by atoms with E-state index >= 15 is 24.0 Å². The molecule has 3 aromatic carbocycles. The molecule has 2 bridgehead atoms. The number of rotatable bonds is 22. The molecule has 3 aliphatic heterocycles. The second kappa shape index (κ2) is 46.5. The van der Waals surface area contributed by atoms with Gasteiger partial charge in [0, 0.05) is 104 Å². The van der Waals surface area contributed by atoms with E-state index in [-0.39, 0.29) is 94.7 Å². The predicted molar refractivity (Wildman–Crippen MR) is 469 cm³/mol. The van der Waals surface area contributed by atoms with E-state index in [1.54, 1.807) is 74.8 Å². The zero-order chi connectivity index (χ0) is 93.3. The van der Waals surface area contributed by atoms with Crippen molar-refractivity contribution in [3.8, 4) is 5.75 Å². The number of thioether (sulfide) groups is 1. The van der Waals surface area contributed by atoms with Gasteiger partial charge in [-0.25, -0.2) is 4.98 Å². The summed E-state index contributed by atoms with van der Waals surface area (Å²) in [7, 11) is 2.70. The van der Waals surface area contributed by atoms with Gasteiger partial charge in [-0.3, -0.25) is 86.4 Å². The van der Waals surface area contributed by atoms with Gasteiger partial charge in [-0.1, -0.05) is 95.8 Å². The Morgan fingerprint density at radius 2 is 1.16 bits per heavy atom. The van der Waals surface area contributed by atoms with Gasteiger partial charge in [-0.15, -0.1) is 11.8 Å². The van der Waals surface area contributed by atoms with Crippen molar-refractivity contribution in [2.24, 2.45) is 17.4 Å². The molecule has 2 fully saturated rings. The molecule has 16 amide bonds. The third-order valence-corrected chi connectivity index (χ3v) is 23.8. The molecule has 3 aromatic heterocycles.